The standard InChI is InChI=1S/C21H21N3O2/c25-14-17-4-1-3-15(12-17)11-16-7-10-24(13-16)21(26)18-5-2-6-19-20(18)23-9-8-22-19/h1-6,8-9,12,16,25H,7,10-11,13-14H2. The Labute approximate surface area is 152 Å². The van der Waals surface area contributed by atoms with E-state index in [0.29, 0.717) is 17.0 Å². The zero-order chi connectivity index (χ0) is 17.9. The summed E-state index contributed by atoms with van der Waals surface area (Å²) in [5.41, 5.74) is 4.18. The van der Waals surface area contributed by atoms with Gasteiger partial charge in [0.1, 0.15) is 5.52 Å². The first-order chi connectivity index (χ1) is 12.7. The number of fused-ring (bicyclic) bond motifs is 1. The second-order valence-corrected chi connectivity index (χ2v) is 6.82. The molecule has 1 aromatic heterocycles. The number of carbonyl (C=O) groups is 1. The molecule has 132 valence electrons. The number of hydrogen-bond acceptors (Lipinski definition) is 4. The summed E-state index contributed by atoms with van der Waals surface area (Å²) in [5.74, 6) is 0.469. The van der Waals surface area contributed by atoms with Gasteiger partial charge in [0.15, 0.2) is 0 Å². The van der Waals surface area contributed by atoms with Gasteiger partial charge < -0.3 is 10.0 Å². The van der Waals surface area contributed by atoms with Crippen molar-refractivity contribution in [1.82, 2.24) is 14.9 Å². The lowest BCUT2D eigenvalue weighted by molar-refractivity contribution is 0.0789. The fraction of sp³-hybridized carbons (Fsp3) is 0.286. The Morgan fingerprint density at radius 2 is 1.92 bits per heavy atom. The van der Waals surface area contributed by atoms with E-state index in [4.69, 9.17) is 0 Å². The number of amides is 1. The largest absolute Gasteiger partial charge is 0.392 e. The van der Waals surface area contributed by atoms with Crippen molar-refractivity contribution in [3.8, 4) is 0 Å². The molecule has 1 N–H and O–H groups in total. The lowest BCUT2D eigenvalue weighted by Crippen LogP contribution is -2.29. The third-order valence-electron chi connectivity index (χ3n) is 5.00. The lowest BCUT2D eigenvalue weighted by Gasteiger charge is -2.17. The van der Waals surface area contributed by atoms with E-state index in [1.807, 2.05) is 41.3 Å². The maximum Gasteiger partial charge on any atom is 0.256 e. The van der Waals surface area contributed by atoms with Gasteiger partial charge in [0.05, 0.1) is 17.7 Å². The Kier molecular flexibility index (Phi) is 4.63. The second kappa shape index (κ2) is 7.22. The predicted octanol–water partition coefficient (Wildman–Crippen LogP) is 2.83. The van der Waals surface area contributed by atoms with Crippen LogP contribution in [-0.4, -0.2) is 39.0 Å². The van der Waals surface area contributed by atoms with E-state index in [1.165, 1.54) is 5.56 Å². The van der Waals surface area contributed by atoms with Gasteiger partial charge >= 0.3 is 0 Å². The van der Waals surface area contributed by atoms with Crippen LogP contribution in [0.3, 0.4) is 0 Å². The van der Waals surface area contributed by atoms with E-state index < -0.39 is 0 Å². The third-order valence-corrected chi connectivity index (χ3v) is 5.00. The van der Waals surface area contributed by atoms with Crippen LogP contribution in [0.4, 0.5) is 0 Å². The van der Waals surface area contributed by atoms with E-state index in [0.717, 1.165) is 37.0 Å². The summed E-state index contributed by atoms with van der Waals surface area (Å²) in [4.78, 5) is 23.5. The number of carbonyl (C=O) groups excluding carboxylic acids is 1. The predicted molar refractivity (Wildman–Crippen MR) is 99.6 cm³/mol. The Balaban J connectivity index is 1.48. The fourth-order valence-corrected chi connectivity index (χ4v) is 3.71. The SMILES string of the molecule is O=C(c1cccc2nccnc12)N1CCC(Cc2cccc(CO)c2)C1. The van der Waals surface area contributed by atoms with E-state index >= 15 is 0 Å². The number of aliphatic hydroxyl groups is 1. The Bertz CT molecular complexity index is 936. The minimum absolute atomic E-state index is 0.0303. The van der Waals surface area contributed by atoms with Crippen molar-refractivity contribution >= 4 is 16.9 Å². The molecule has 1 aliphatic rings. The summed E-state index contributed by atoms with van der Waals surface area (Å²) in [6, 6.07) is 13.6. The van der Waals surface area contributed by atoms with E-state index in [1.54, 1.807) is 12.4 Å². The molecule has 0 radical (unpaired) electrons. The summed E-state index contributed by atoms with van der Waals surface area (Å²) in [7, 11) is 0. The molecule has 1 amide bonds. The highest BCUT2D eigenvalue weighted by atomic mass is 16.3. The first kappa shape index (κ1) is 16.7. The number of rotatable bonds is 4. The minimum Gasteiger partial charge on any atom is -0.392 e. The molecular weight excluding hydrogens is 326 g/mol. The first-order valence-electron chi connectivity index (χ1n) is 8.92. The molecule has 1 unspecified atom stereocenters. The molecule has 0 aliphatic carbocycles. The summed E-state index contributed by atoms with van der Waals surface area (Å²) >= 11 is 0. The van der Waals surface area contributed by atoms with Crippen LogP contribution in [0, 0.1) is 5.92 Å². The highest BCUT2D eigenvalue weighted by Gasteiger charge is 2.28. The lowest BCUT2D eigenvalue weighted by atomic mass is 9.97. The first-order valence-corrected chi connectivity index (χ1v) is 8.92. The number of nitrogens with zero attached hydrogens (tertiary/aromatic N) is 3. The van der Waals surface area contributed by atoms with Crippen molar-refractivity contribution in [2.24, 2.45) is 5.92 Å². The van der Waals surface area contributed by atoms with Crippen LogP contribution in [0.2, 0.25) is 0 Å². The summed E-state index contributed by atoms with van der Waals surface area (Å²) in [5, 5.41) is 9.29. The molecule has 1 atom stereocenters. The number of hydrogen-bond donors (Lipinski definition) is 1. The Hall–Kier alpha value is -2.79. The maximum atomic E-state index is 13.0. The molecule has 0 saturated carbocycles. The summed E-state index contributed by atoms with van der Waals surface area (Å²) in [6.07, 6.45) is 5.18. The molecule has 5 heteroatoms. The van der Waals surface area contributed by atoms with Crippen LogP contribution >= 0.6 is 0 Å². The van der Waals surface area contributed by atoms with Crippen LogP contribution in [0.15, 0.2) is 54.9 Å². The van der Waals surface area contributed by atoms with Gasteiger partial charge in [0, 0.05) is 25.5 Å². The average molecular weight is 347 g/mol. The smallest absolute Gasteiger partial charge is 0.256 e. The topological polar surface area (TPSA) is 66.3 Å². The summed E-state index contributed by atoms with van der Waals surface area (Å²) in [6.45, 7) is 1.57. The van der Waals surface area contributed by atoms with Gasteiger partial charge in [-0.1, -0.05) is 30.3 Å². The van der Waals surface area contributed by atoms with Crippen molar-refractivity contribution < 1.29 is 9.90 Å². The summed E-state index contributed by atoms with van der Waals surface area (Å²) < 4.78 is 0. The van der Waals surface area contributed by atoms with Gasteiger partial charge in [-0.3, -0.25) is 14.8 Å². The highest BCUT2D eigenvalue weighted by molar-refractivity contribution is 6.04. The molecule has 26 heavy (non-hydrogen) atoms. The molecule has 0 spiro atoms. The van der Waals surface area contributed by atoms with Gasteiger partial charge in [-0.05, 0) is 42.0 Å². The number of aromatic nitrogens is 2. The van der Waals surface area contributed by atoms with Gasteiger partial charge in [-0.15, -0.1) is 0 Å². The van der Waals surface area contributed by atoms with E-state index in [9.17, 15) is 9.90 Å². The average Bonchev–Trinajstić information content (AvgIpc) is 3.15. The van der Waals surface area contributed by atoms with Crippen molar-refractivity contribution in [3.05, 3.63) is 71.5 Å². The molecule has 3 aromatic rings. The van der Waals surface area contributed by atoms with Gasteiger partial charge in [-0.25, -0.2) is 0 Å². The number of likely N-dealkylation sites (tertiary alicyclic amines) is 1. The molecule has 4 rings (SSSR count). The van der Waals surface area contributed by atoms with Crippen LogP contribution in [0.25, 0.3) is 11.0 Å². The Morgan fingerprint density at radius 3 is 2.81 bits per heavy atom. The second-order valence-electron chi connectivity index (χ2n) is 6.82. The Morgan fingerprint density at radius 1 is 1.12 bits per heavy atom. The maximum absolute atomic E-state index is 13.0. The molecule has 2 heterocycles. The molecule has 5 nitrogen and oxygen atoms in total. The third kappa shape index (κ3) is 3.30. The van der Waals surface area contributed by atoms with Gasteiger partial charge in [-0.2, -0.15) is 0 Å². The zero-order valence-electron chi connectivity index (χ0n) is 14.5. The van der Waals surface area contributed by atoms with Crippen molar-refractivity contribution in [2.75, 3.05) is 13.1 Å². The van der Waals surface area contributed by atoms with Gasteiger partial charge in [0.2, 0.25) is 0 Å². The normalized spacial score (nSPS) is 17.0. The van der Waals surface area contributed by atoms with Gasteiger partial charge in [0.25, 0.3) is 5.91 Å². The zero-order valence-corrected chi connectivity index (χ0v) is 14.5. The fourth-order valence-electron chi connectivity index (χ4n) is 3.71. The number of para-hydroxylation sites is 1. The van der Waals surface area contributed by atoms with Crippen molar-refractivity contribution in [2.45, 2.75) is 19.4 Å². The quantitative estimate of drug-likeness (QED) is 0.788. The molecule has 1 saturated heterocycles. The van der Waals surface area contributed by atoms with E-state index in [2.05, 4.69) is 16.0 Å². The van der Waals surface area contributed by atoms with Crippen molar-refractivity contribution in [1.29, 1.82) is 0 Å². The van der Waals surface area contributed by atoms with Crippen LogP contribution in [0.5, 0.6) is 0 Å². The number of benzene rings is 2. The molecule has 1 fully saturated rings. The van der Waals surface area contributed by atoms with Crippen LogP contribution in [0.1, 0.15) is 27.9 Å². The molecular formula is C21H21N3O2. The van der Waals surface area contributed by atoms with Crippen LogP contribution in [-0.2, 0) is 13.0 Å². The highest BCUT2D eigenvalue weighted by Crippen LogP contribution is 2.24. The minimum atomic E-state index is 0.0303. The molecule has 0 bridgehead atoms. The number of aliphatic hydroxyl groups excluding tert-OH is 1. The molecule has 2 aromatic carbocycles. The van der Waals surface area contributed by atoms with Crippen LogP contribution < -0.4 is 0 Å². The molecule has 1 aliphatic heterocycles. The van der Waals surface area contributed by atoms with E-state index in [-0.39, 0.29) is 12.5 Å². The monoisotopic (exact) mass is 347 g/mol. The van der Waals surface area contributed by atoms with Crippen molar-refractivity contribution in [3.63, 3.8) is 0 Å².